The number of hydrogen-bond donors (Lipinski definition) is 4. The van der Waals surface area contributed by atoms with Gasteiger partial charge in [0.15, 0.2) is 0 Å². The molecule has 0 aliphatic carbocycles. The molecule has 0 aliphatic rings. The van der Waals surface area contributed by atoms with Crippen molar-refractivity contribution in [3.8, 4) is 5.75 Å². The Morgan fingerprint density at radius 2 is 1.76 bits per heavy atom. The first-order valence-electron chi connectivity index (χ1n) is 9.37. The van der Waals surface area contributed by atoms with Crippen molar-refractivity contribution >= 4 is 19.4 Å². The van der Waals surface area contributed by atoms with Crippen LogP contribution in [0.2, 0.25) is 0 Å². The van der Waals surface area contributed by atoms with E-state index < -0.39 is 37.3 Å². The average molecular weight is 429 g/mol. The topological polar surface area (TPSA) is 142 Å². The molecule has 2 amide bonds. The number of rotatable bonds is 11. The standard InChI is InChI=1S/C19H32N3O6P/c1-12(2)10-16(21-13(3)29(25,26)27)19(24)22(4)17(18(20)23)11-14-6-8-15(28-5)9-7-14/h6-9,12-13,16-17,21H,10-11H2,1-5H3,(H2,20,23)(H2,25,26,27)/t13?,16?,17-/m0/s1. The molecular weight excluding hydrogens is 397 g/mol. The zero-order chi connectivity index (χ0) is 22.4. The number of carbonyl (C=O) groups is 2. The van der Waals surface area contributed by atoms with E-state index in [4.69, 9.17) is 10.5 Å². The predicted octanol–water partition coefficient (Wildman–Crippen LogP) is 1.08. The van der Waals surface area contributed by atoms with Crippen LogP contribution >= 0.6 is 7.60 Å². The van der Waals surface area contributed by atoms with E-state index in [9.17, 15) is 23.9 Å². The van der Waals surface area contributed by atoms with Gasteiger partial charge in [-0.25, -0.2) is 0 Å². The van der Waals surface area contributed by atoms with Gasteiger partial charge in [0.05, 0.1) is 13.2 Å². The van der Waals surface area contributed by atoms with Crippen molar-refractivity contribution in [1.29, 1.82) is 0 Å². The Labute approximate surface area is 171 Å². The van der Waals surface area contributed by atoms with Crippen LogP contribution in [0.1, 0.15) is 32.8 Å². The summed E-state index contributed by atoms with van der Waals surface area (Å²) in [5.74, 6) is -1.56. The summed E-state index contributed by atoms with van der Waals surface area (Å²) in [5, 5.41) is 2.72. The van der Waals surface area contributed by atoms with Crippen LogP contribution in [0.3, 0.4) is 0 Å². The lowest BCUT2D eigenvalue weighted by Crippen LogP contribution is -2.54. The summed E-state index contributed by atoms with van der Waals surface area (Å²) in [4.78, 5) is 45.1. The molecule has 0 aromatic heterocycles. The number of ether oxygens (including phenoxy) is 1. The summed E-state index contributed by atoms with van der Waals surface area (Å²) >= 11 is 0. The highest BCUT2D eigenvalue weighted by atomic mass is 31.2. The van der Waals surface area contributed by atoms with Crippen LogP contribution < -0.4 is 15.8 Å². The fourth-order valence-corrected chi connectivity index (χ4v) is 3.29. The third kappa shape index (κ3) is 7.78. The Kier molecular flexibility index (Phi) is 9.29. The van der Waals surface area contributed by atoms with Gasteiger partial charge >= 0.3 is 7.60 Å². The molecule has 9 nitrogen and oxygen atoms in total. The highest BCUT2D eigenvalue weighted by Gasteiger charge is 2.34. The second kappa shape index (κ2) is 10.7. The summed E-state index contributed by atoms with van der Waals surface area (Å²) < 4.78 is 16.6. The van der Waals surface area contributed by atoms with Crippen LogP contribution in [0, 0.1) is 5.92 Å². The molecule has 0 fully saturated rings. The van der Waals surface area contributed by atoms with Gasteiger partial charge in [0.2, 0.25) is 11.8 Å². The van der Waals surface area contributed by atoms with Gasteiger partial charge in [0.25, 0.3) is 0 Å². The maximum Gasteiger partial charge on any atom is 0.342 e. The predicted molar refractivity (Wildman–Crippen MR) is 110 cm³/mol. The first-order chi connectivity index (χ1) is 13.4. The lowest BCUT2D eigenvalue weighted by Gasteiger charge is -2.32. The van der Waals surface area contributed by atoms with Gasteiger partial charge in [-0.05, 0) is 37.0 Å². The second-order valence-corrected chi connectivity index (χ2v) is 9.49. The molecule has 0 saturated carbocycles. The molecule has 0 radical (unpaired) electrons. The van der Waals surface area contributed by atoms with Crippen LogP contribution in [0.15, 0.2) is 24.3 Å². The van der Waals surface area contributed by atoms with Gasteiger partial charge in [-0.2, -0.15) is 0 Å². The van der Waals surface area contributed by atoms with E-state index in [0.29, 0.717) is 12.2 Å². The molecule has 5 N–H and O–H groups in total. The molecule has 10 heteroatoms. The third-order valence-electron chi connectivity index (χ3n) is 4.68. The SMILES string of the molecule is COc1ccc(C[C@@H](C(N)=O)N(C)C(=O)C(CC(C)C)NC(C)P(=O)(O)O)cc1. The van der Waals surface area contributed by atoms with E-state index in [0.717, 1.165) is 5.56 Å². The van der Waals surface area contributed by atoms with Gasteiger partial charge in [-0.15, -0.1) is 0 Å². The normalized spacial score (nSPS) is 14.9. The largest absolute Gasteiger partial charge is 0.497 e. The fraction of sp³-hybridized carbons (Fsp3) is 0.579. The molecule has 0 spiro atoms. The Morgan fingerprint density at radius 3 is 2.17 bits per heavy atom. The van der Waals surface area contributed by atoms with Crippen LogP contribution in [0.4, 0.5) is 0 Å². The monoisotopic (exact) mass is 429 g/mol. The fourth-order valence-electron chi connectivity index (χ4n) is 2.91. The minimum Gasteiger partial charge on any atom is -0.497 e. The summed E-state index contributed by atoms with van der Waals surface area (Å²) in [6.07, 6.45) is 0.561. The van der Waals surface area contributed by atoms with Gasteiger partial charge in [0.1, 0.15) is 17.6 Å². The molecule has 29 heavy (non-hydrogen) atoms. The third-order valence-corrected chi connectivity index (χ3v) is 5.84. The summed E-state index contributed by atoms with van der Waals surface area (Å²) in [6.45, 7) is 5.12. The Morgan fingerprint density at radius 1 is 1.21 bits per heavy atom. The first-order valence-corrected chi connectivity index (χ1v) is 11.0. The van der Waals surface area contributed by atoms with Gasteiger partial charge < -0.3 is 25.2 Å². The molecule has 1 rings (SSSR count). The van der Waals surface area contributed by atoms with Crippen molar-refractivity contribution in [1.82, 2.24) is 10.2 Å². The highest BCUT2D eigenvalue weighted by molar-refractivity contribution is 7.52. The van der Waals surface area contributed by atoms with Crippen molar-refractivity contribution in [3.05, 3.63) is 29.8 Å². The summed E-state index contributed by atoms with van der Waals surface area (Å²) in [5.41, 5.74) is 6.35. The van der Waals surface area contributed by atoms with E-state index in [1.54, 1.807) is 31.4 Å². The molecule has 1 aromatic carbocycles. The van der Waals surface area contributed by atoms with Crippen molar-refractivity contribution in [3.63, 3.8) is 0 Å². The molecule has 0 aliphatic heterocycles. The number of primary amides is 1. The molecule has 2 unspecified atom stereocenters. The van der Waals surface area contributed by atoms with E-state index in [1.807, 2.05) is 13.8 Å². The maximum absolute atomic E-state index is 13.1. The quantitative estimate of drug-likeness (QED) is 0.386. The van der Waals surface area contributed by atoms with Crippen LogP contribution in [-0.4, -0.2) is 58.5 Å². The van der Waals surface area contributed by atoms with Crippen molar-refractivity contribution in [2.75, 3.05) is 14.2 Å². The van der Waals surface area contributed by atoms with Crippen LogP contribution in [0.25, 0.3) is 0 Å². The minimum absolute atomic E-state index is 0.0856. The molecule has 3 atom stereocenters. The van der Waals surface area contributed by atoms with Crippen LogP contribution in [-0.2, 0) is 20.6 Å². The van der Waals surface area contributed by atoms with Crippen molar-refractivity contribution in [2.24, 2.45) is 11.7 Å². The highest BCUT2D eigenvalue weighted by Crippen LogP contribution is 2.39. The number of methoxy groups -OCH3 is 1. The number of carbonyl (C=O) groups excluding carboxylic acids is 2. The minimum atomic E-state index is -4.41. The molecule has 164 valence electrons. The Hall–Kier alpha value is -1.93. The van der Waals surface area contributed by atoms with Gasteiger partial charge in [0, 0.05) is 13.5 Å². The van der Waals surface area contributed by atoms with Gasteiger partial charge in [-0.3, -0.25) is 19.5 Å². The molecule has 0 heterocycles. The maximum atomic E-state index is 13.1. The number of hydrogen-bond acceptors (Lipinski definition) is 5. The second-order valence-electron chi connectivity index (χ2n) is 7.53. The number of benzene rings is 1. The molecule has 0 saturated heterocycles. The average Bonchev–Trinajstić information content (AvgIpc) is 2.63. The number of nitrogens with one attached hydrogen (secondary N) is 1. The van der Waals surface area contributed by atoms with Crippen molar-refractivity contribution in [2.45, 2.75) is 51.5 Å². The van der Waals surface area contributed by atoms with E-state index in [2.05, 4.69) is 5.32 Å². The molecule has 0 bridgehead atoms. The Balaban J connectivity index is 3.03. The summed E-state index contributed by atoms with van der Waals surface area (Å²) in [7, 11) is -1.39. The molecule has 1 aromatic rings. The number of amides is 2. The van der Waals surface area contributed by atoms with E-state index in [-0.39, 0.29) is 12.3 Å². The summed E-state index contributed by atoms with van der Waals surface area (Å²) in [6, 6.07) is 5.30. The van der Waals surface area contributed by atoms with E-state index >= 15 is 0 Å². The first kappa shape index (κ1) is 25.1. The van der Waals surface area contributed by atoms with Crippen LogP contribution in [0.5, 0.6) is 5.75 Å². The zero-order valence-electron chi connectivity index (χ0n) is 17.5. The number of nitrogens with two attached hydrogens (primary N) is 1. The van der Waals surface area contributed by atoms with E-state index in [1.165, 1.54) is 18.9 Å². The smallest absolute Gasteiger partial charge is 0.342 e. The lowest BCUT2D eigenvalue weighted by atomic mass is 10.00. The molecular formula is C19H32N3O6P. The van der Waals surface area contributed by atoms with Gasteiger partial charge in [-0.1, -0.05) is 26.0 Å². The Bertz CT molecular complexity index is 734. The van der Waals surface area contributed by atoms with Crippen molar-refractivity contribution < 1.29 is 28.7 Å². The lowest BCUT2D eigenvalue weighted by molar-refractivity contribution is -0.139. The number of nitrogens with zero attached hydrogens (tertiary/aromatic N) is 1. The number of likely N-dealkylation sites (N-methyl/N-ethyl adjacent to an activating group) is 1. The zero-order valence-corrected chi connectivity index (χ0v) is 18.4.